The van der Waals surface area contributed by atoms with Crippen molar-refractivity contribution in [2.24, 2.45) is 0 Å². The SMILES string of the molecule is Cc1ccc(Cn2c(C(=O)Nc3ccc(F)c(Cl)c3)cc3occc32)cc1. The average Bonchev–Trinajstić information content (AvgIpc) is 3.23. The number of aromatic nitrogens is 1. The summed E-state index contributed by atoms with van der Waals surface area (Å²) in [6.45, 7) is 2.55. The third kappa shape index (κ3) is 3.46. The van der Waals surface area contributed by atoms with Crippen molar-refractivity contribution >= 4 is 34.3 Å². The van der Waals surface area contributed by atoms with Crippen molar-refractivity contribution < 1.29 is 13.6 Å². The Labute approximate surface area is 160 Å². The minimum atomic E-state index is -0.532. The van der Waals surface area contributed by atoms with Crippen molar-refractivity contribution in [2.45, 2.75) is 13.5 Å². The Bertz CT molecular complexity index is 1130. The zero-order valence-electron chi connectivity index (χ0n) is 14.5. The number of nitrogens with zero attached hydrogens (tertiary/aromatic N) is 1. The van der Waals surface area contributed by atoms with Crippen LogP contribution in [0.15, 0.2) is 65.3 Å². The third-order valence-corrected chi connectivity index (χ3v) is 4.68. The van der Waals surface area contributed by atoms with Crippen molar-refractivity contribution in [3.63, 3.8) is 0 Å². The Kier molecular flexibility index (Phi) is 4.46. The number of furan rings is 1. The number of rotatable bonds is 4. The Hall–Kier alpha value is -3.05. The summed E-state index contributed by atoms with van der Waals surface area (Å²) in [6, 6.07) is 15.7. The second-order valence-corrected chi connectivity index (χ2v) is 6.76. The average molecular weight is 383 g/mol. The molecule has 0 saturated carbocycles. The summed E-state index contributed by atoms with van der Waals surface area (Å²) in [5.41, 5.74) is 4.57. The minimum absolute atomic E-state index is 0.0448. The van der Waals surface area contributed by atoms with Gasteiger partial charge in [0.1, 0.15) is 11.5 Å². The fourth-order valence-electron chi connectivity index (χ4n) is 2.98. The molecule has 4 aromatic rings. The van der Waals surface area contributed by atoms with Crippen molar-refractivity contribution in [3.05, 3.63) is 88.5 Å². The summed E-state index contributed by atoms with van der Waals surface area (Å²) >= 11 is 5.79. The number of hydrogen-bond acceptors (Lipinski definition) is 2. The molecule has 0 saturated heterocycles. The van der Waals surface area contributed by atoms with E-state index in [0.717, 1.165) is 11.1 Å². The lowest BCUT2D eigenvalue weighted by atomic mass is 10.1. The lowest BCUT2D eigenvalue weighted by Gasteiger charge is -2.11. The van der Waals surface area contributed by atoms with E-state index >= 15 is 0 Å². The van der Waals surface area contributed by atoms with Gasteiger partial charge in [-0.25, -0.2) is 4.39 Å². The first kappa shape index (κ1) is 17.4. The molecular formula is C21H16ClFN2O2. The van der Waals surface area contributed by atoms with E-state index in [1.165, 1.54) is 23.8 Å². The van der Waals surface area contributed by atoms with E-state index in [4.69, 9.17) is 16.0 Å². The first-order valence-corrected chi connectivity index (χ1v) is 8.78. The molecule has 0 unspecified atom stereocenters. The van der Waals surface area contributed by atoms with Crippen LogP contribution in [0.5, 0.6) is 0 Å². The smallest absolute Gasteiger partial charge is 0.272 e. The molecule has 27 heavy (non-hydrogen) atoms. The van der Waals surface area contributed by atoms with Gasteiger partial charge in [0.15, 0.2) is 5.58 Å². The molecule has 0 spiro atoms. The molecule has 4 nitrogen and oxygen atoms in total. The van der Waals surface area contributed by atoms with Gasteiger partial charge in [0.05, 0.1) is 16.8 Å². The van der Waals surface area contributed by atoms with Crippen LogP contribution >= 0.6 is 11.6 Å². The maximum Gasteiger partial charge on any atom is 0.272 e. The third-order valence-electron chi connectivity index (χ3n) is 4.39. The van der Waals surface area contributed by atoms with E-state index in [2.05, 4.69) is 5.32 Å². The highest BCUT2D eigenvalue weighted by Gasteiger charge is 2.18. The molecule has 0 aliphatic heterocycles. The molecule has 2 aromatic carbocycles. The number of halogens is 2. The van der Waals surface area contributed by atoms with Crippen LogP contribution in [0, 0.1) is 12.7 Å². The molecule has 6 heteroatoms. The largest absolute Gasteiger partial charge is 0.463 e. The number of carbonyl (C=O) groups excluding carboxylic acids is 1. The molecular weight excluding hydrogens is 367 g/mol. The number of anilines is 1. The van der Waals surface area contributed by atoms with Crippen LogP contribution in [0.25, 0.3) is 11.1 Å². The maximum absolute atomic E-state index is 13.3. The molecule has 136 valence electrons. The van der Waals surface area contributed by atoms with Gasteiger partial charge in [0.2, 0.25) is 0 Å². The Morgan fingerprint density at radius 3 is 2.67 bits per heavy atom. The van der Waals surface area contributed by atoms with Crippen molar-refractivity contribution in [1.29, 1.82) is 0 Å². The monoisotopic (exact) mass is 382 g/mol. The molecule has 2 aromatic heterocycles. The number of nitrogens with one attached hydrogen (secondary N) is 1. The number of benzene rings is 2. The van der Waals surface area contributed by atoms with Gasteiger partial charge in [0.25, 0.3) is 5.91 Å². The van der Waals surface area contributed by atoms with Crippen LogP contribution in [0.3, 0.4) is 0 Å². The summed E-state index contributed by atoms with van der Waals surface area (Å²) in [5.74, 6) is -0.855. The highest BCUT2D eigenvalue weighted by atomic mass is 35.5. The van der Waals surface area contributed by atoms with Crippen molar-refractivity contribution in [2.75, 3.05) is 5.32 Å². The molecule has 0 bridgehead atoms. The highest BCUT2D eigenvalue weighted by molar-refractivity contribution is 6.31. The van der Waals surface area contributed by atoms with Gasteiger partial charge < -0.3 is 14.3 Å². The first-order chi connectivity index (χ1) is 13.0. The summed E-state index contributed by atoms with van der Waals surface area (Å²) in [5, 5.41) is 2.71. The van der Waals surface area contributed by atoms with E-state index in [0.29, 0.717) is 23.5 Å². The summed E-state index contributed by atoms with van der Waals surface area (Å²) in [4.78, 5) is 12.8. The van der Waals surface area contributed by atoms with Gasteiger partial charge in [-0.05, 0) is 30.7 Å². The van der Waals surface area contributed by atoms with Gasteiger partial charge in [-0.3, -0.25) is 4.79 Å². The van der Waals surface area contributed by atoms with E-state index in [1.807, 2.05) is 41.8 Å². The fourth-order valence-corrected chi connectivity index (χ4v) is 3.16. The van der Waals surface area contributed by atoms with E-state index in [-0.39, 0.29) is 10.9 Å². The van der Waals surface area contributed by atoms with Gasteiger partial charge in [-0.2, -0.15) is 0 Å². The number of amides is 1. The van der Waals surface area contributed by atoms with Crippen LogP contribution < -0.4 is 5.32 Å². The molecule has 0 aliphatic carbocycles. The highest BCUT2D eigenvalue weighted by Crippen LogP contribution is 2.25. The minimum Gasteiger partial charge on any atom is -0.463 e. The fraction of sp³-hybridized carbons (Fsp3) is 0.0952. The number of hydrogen-bond donors (Lipinski definition) is 1. The topological polar surface area (TPSA) is 47.2 Å². The Balaban J connectivity index is 1.68. The second kappa shape index (κ2) is 6.93. The molecule has 0 fully saturated rings. The van der Waals surface area contributed by atoms with Crippen molar-refractivity contribution in [1.82, 2.24) is 4.57 Å². The van der Waals surface area contributed by atoms with Gasteiger partial charge in [-0.1, -0.05) is 41.4 Å². The molecule has 2 heterocycles. The molecule has 0 aliphatic rings. The number of fused-ring (bicyclic) bond motifs is 1. The summed E-state index contributed by atoms with van der Waals surface area (Å²) in [6.07, 6.45) is 1.59. The maximum atomic E-state index is 13.3. The lowest BCUT2D eigenvalue weighted by Crippen LogP contribution is -2.17. The van der Waals surface area contributed by atoms with Gasteiger partial charge in [-0.15, -0.1) is 0 Å². The zero-order chi connectivity index (χ0) is 19.0. The molecule has 4 rings (SSSR count). The number of aryl methyl sites for hydroxylation is 1. The van der Waals surface area contributed by atoms with Gasteiger partial charge in [0, 0.05) is 24.4 Å². The van der Waals surface area contributed by atoms with E-state index < -0.39 is 5.82 Å². The zero-order valence-corrected chi connectivity index (χ0v) is 15.3. The van der Waals surface area contributed by atoms with Crippen LogP contribution in [0.4, 0.5) is 10.1 Å². The standard InChI is InChI=1S/C21H16ClFN2O2/c1-13-2-4-14(5-3-13)12-25-18-8-9-27-20(18)11-19(25)21(26)24-15-6-7-17(23)16(22)10-15/h2-11H,12H2,1H3,(H,24,26). The van der Waals surface area contributed by atoms with Crippen molar-refractivity contribution in [3.8, 4) is 0 Å². The van der Waals surface area contributed by atoms with Crippen LogP contribution in [0.1, 0.15) is 21.6 Å². The Morgan fingerprint density at radius 1 is 1.15 bits per heavy atom. The summed E-state index contributed by atoms with van der Waals surface area (Å²) in [7, 11) is 0. The Morgan fingerprint density at radius 2 is 1.93 bits per heavy atom. The molecule has 0 radical (unpaired) electrons. The van der Waals surface area contributed by atoms with Crippen LogP contribution in [0.2, 0.25) is 5.02 Å². The molecule has 0 atom stereocenters. The summed E-state index contributed by atoms with van der Waals surface area (Å²) < 4.78 is 20.7. The normalized spacial score (nSPS) is 11.1. The van der Waals surface area contributed by atoms with Crippen LogP contribution in [-0.4, -0.2) is 10.5 Å². The second-order valence-electron chi connectivity index (χ2n) is 6.35. The lowest BCUT2D eigenvalue weighted by molar-refractivity contribution is 0.101. The predicted molar refractivity (Wildman–Crippen MR) is 104 cm³/mol. The molecule has 1 amide bonds. The number of carbonyl (C=O) groups is 1. The predicted octanol–water partition coefficient (Wildman–Crippen LogP) is 5.64. The molecule has 1 N–H and O–H groups in total. The quantitative estimate of drug-likeness (QED) is 0.496. The van der Waals surface area contributed by atoms with Crippen LogP contribution in [-0.2, 0) is 6.54 Å². The van der Waals surface area contributed by atoms with E-state index in [1.54, 1.807) is 12.3 Å². The first-order valence-electron chi connectivity index (χ1n) is 8.40. The van der Waals surface area contributed by atoms with E-state index in [9.17, 15) is 9.18 Å². The van der Waals surface area contributed by atoms with Gasteiger partial charge >= 0.3 is 0 Å².